The highest BCUT2D eigenvalue weighted by molar-refractivity contribution is 5.99. The molecule has 0 saturated carbocycles. The van der Waals surface area contributed by atoms with Crippen molar-refractivity contribution >= 4 is 17.4 Å². The van der Waals surface area contributed by atoms with Gasteiger partial charge in [0.15, 0.2) is 5.78 Å². The van der Waals surface area contributed by atoms with Gasteiger partial charge in [0.25, 0.3) is 0 Å². The minimum absolute atomic E-state index is 0.0962. The van der Waals surface area contributed by atoms with Gasteiger partial charge in [0, 0.05) is 56.8 Å². The number of amides is 1. The monoisotopic (exact) mass is 383 g/mol. The number of hydrogen-bond acceptors (Lipinski definition) is 4. The van der Waals surface area contributed by atoms with Crippen molar-refractivity contribution in [2.45, 2.75) is 19.4 Å². The third-order valence-electron chi connectivity index (χ3n) is 4.99. The lowest BCUT2D eigenvalue weighted by Gasteiger charge is -2.32. The summed E-state index contributed by atoms with van der Waals surface area (Å²) in [5, 5.41) is 2.82. The number of hydrogen-bond donors (Lipinski definition) is 1. The topological polar surface area (TPSA) is 52.6 Å². The molecule has 0 unspecified atom stereocenters. The summed E-state index contributed by atoms with van der Waals surface area (Å²) in [5.74, 6) is -0.759. The molecule has 6 heteroatoms. The van der Waals surface area contributed by atoms with Crippen LogP contribution in [0.15, 0.2) is 48.5 Å². The fraction of sp³-hybridized carbons (Fsp3) is 0.364. The number of ketones is 1. The van der Waals surface area contributed by atoms with E-state index < -0.39 is 0 Å². The highest BCUT2D eigenvalue weighted by Gasteiger charge is 2.14. The molecule has 0 aliphatic carbocycles. The lowest BCUT2D eigenvalue weighted by atomic mass is 10.1. The number of likely N-dealkylation sites (N-methyl/N-ethyl adjacent to an activating group) is 1. The van der Waals surface area contributed by atoms with Crippen molar-refractivity contribution in [3.05, 3.63) is 65.5 Å². The summed E-state index contributed by atoms with van der Waals surface area (Å²) < 4.78 is 12.9. The van der Waals surface area contributed by atoms with Crippen molar-refractivity contribution in [2.24, 2.45) is 0 Å². The van der Waals surface area contributed by atoms with Crippen molar-refractivity contribution in [2.75, 3.05) is 38.5 Å². The van der Waals surface area contributed by atoms with Gasteiger partial charge in [0.05, 0.1) is 0 Å². The molecule has 5 nitrogen and oxygen atoms in total. The van der Waals surface area contributed by atoms with Crippen LogP contribution in [0.25, 0.3) is 0 Å². The highest BCUT2D eigenvalue weighted by Crippen LogP contribution is 2.14. The molecule has 148 valence electrons. The lowest BCUT2D eigenvalue weighted by Crippen LogP contribution is -2.43. The van der Waals surface area contributed by atoms with Crippen LogP contribution >= 0.6 is 0 Å². The Labute approximate surface area is 165 Å². The molecule has 1 aliphatic heterocycles. The van der Waals surface area contributed by atoms with E-state index in [-0.39, 0.29) is 30.3 Å². The average Bonchev–Trinajstić information content (AvgIpc) is 2.70. The van der Waals surface area contributed by atoms with Crippen molar-refractivity contribution in [1.29, 1.82) is 0 Å². The number of anilines is 1. The van der Waals surface area contributed by atoms with E-state index in [0.29, 0.717) is 5.56 Å². The molecule has 0 spiro atoms. The van der Waals surface area contributed by atoms with Gasteiger partial charge in [-0.15, -0.1) is 0 Å². The van der Waals surface area contributed by atoms with Crippen LogP contribution in [0.2, 0.25) is 0 Å². The fourth-order valence-electron chi connectivity index (χ4n) is 3.19. The van der Waals surface area contributed by atoms with Gasteiger partial charge in [0.1, 0.15) is 5.82 Å². The molecule has 0 aromatic heterocycles. The Bertz CT molecular complexity index is 798. The van der Waals surface area contributed by atoms with Crippen molar-refractivity contribution in [3.8, 4) is 0 Å². The Morgan fingerprint density at radius 1 is 0.929 bits per heavy atom. The molecule has 1 amide bonds. The Morgan fingerprint density at radius 3 is 2.21 bits per heavy atom. The number of nitrogens with one attached hydrogen (secondary N) is 1. The van der Waals surface area contributed by atoms with Crippen molar-refractivity contribution < 1.29 is 14.0 Å². The number of carbonyl (C=O) groups excluding carboxylic acids is 2. The van der Waals surface area contributed by atoms with Crippen LogP contribution in [-0.2, 0) is 11.3 Å². The van der Waals surface area contributed by atoms with Crippen LogP contribution < -0.4 is 5.32 Å². The first-order valence-electron chi connectivity index (χ1n) is 9.58. The van der Waals surface area contributed by atoms with Crippen LogP contribution in [0.3, 0.4) is 0 Å². The summed E-state index contributed by atoms with van der Waals surface area (Å²) in [6.45, 7) is 5.22. The molecule has 1 N–H and O–H groups in total. The third-order valence-corrected chi connectivity index (χ3v) is 4.99. The second-order valence-corrected chi connectivity index (χ2v) is 7.25. The van der Waals surface area contributed by atoms with Crippen LogP contribution in [0.1, 0.15) is 28.8 Å². The second-order valence-electron chi connectivity index (χ2n) is 7.25. The molecule has 1 heterocycles. The molecule has 0 bridgehead atoms. The highest BCUT2D eigenvalue weighted by atomic mass is 19.1. The maximum atomic E-state index is 12.9. The van der Waals surface area contributed by atoms with Gasteiger partial charge in [-0.3, -0.25) is 14.5 Å². The van der Waals surface area contributed by atoms with Crippen molar-refractivity contribution in [1.82, 2.24) is 9.80 Å². The van der Waals surface area contributed by atoms with E-state index in [1.807, 2.05) is 24.3 Å². The van der Waals surface area contributed by atoms with Crippen LogP contribution in [0, 0.1) is 5.82 Å². The summed E-state index contributed by atoms with van der Waals surface area (Å²) in [7, 11) is 2.14. The van der Waals surface area contributed by atoms with E-state index in [1.165, 1.54) is 29.8 Å². The number of Topliss-reactive ketones (excluding diaryl/α,β-unsaturated/α-hetero) is 1. The zero-order valence-electron chi connectivity index (χ0n) is 16.2. The van der Waals surface area contributed by atoms with E-state index in [1.54, 1.807) is 0 Å². The standard InChI is InChI=1S/C22H26FN3O2/c1-25-12-14-26(15-13-25)16-17-2-8-20(9-3-17)24-22(28)11-10-21(27)18-4-6-19(23)7-5-18/h2-9H,10-16H2,1H3,(H,24,28). The summed E-state index contributed by atoms with van der Waals surface area (Å²) in [5.41, 5.74) is 2.36. The van der Waals surface area contributed by atoms with Gasteiger partial charge in [-0.25, -0.2) is 4.39 Å². The third kappa shape index (κ3) is 5.97. The first-order valence-corrected chi connectivity index (χ1v) is 9.58. The number of carbonyl (C=O) groups is 2. The van der Waals surface area contributed by atoms with Gasteiger partial charge in [-0.2, -0.15) is 0 Å². The average molecular weight is 383 g/mol. The van der Waals surface area contributed by atoms with E-state index in [4.69, 9.17) is 0 Å². The zero-order valence-corrected chi connectivity index (χ0v) is 16.2. The summed E-state index contributed by atoms with van der Waals surface area (Å²) in [6, 6.07) is 13.2. The Hall–Kier alpha value is -2.57. The smallest absolute Gasteiger partial charge is 0.224 e. The first kappa shape index (κ1) is 20.2. The fourth-order valence-corrected chi connectivity index (χ4v) is 3.19. The molecule has 2 aromatic carbocycles. The van der Waals surface area contributed by atoms with E-state index >= 15 is 0 Å². The number of nitrogens with zero attached hydrogens (tertiary/aromatic N) is 2. The van der Waals surface area contributed by atoms with Gasteiger partial charge < -0.3 is 10.2 Å². The van der Waals surface area contributed by atoms with Crippen LogP contribution in [0.4, 0.5) is 10.1 Å². The Morgan fingerprint density at radius 2 is 1.57 bits per heavy atom. The molecule has 2 aromatic rings. The van der Waals surface area contributed by atoms with Gasteiger partial charge >= 0.3 is 0 Å². The number of piperazine rings is 1. The van der Waals surface area contributed by atoms with Crippen LogP contribution in [0.5, 0.6) is 0 Å². The molecular formula is C22H26FN3O2. The van der Waals surface area contributed by atoms with E-state index in [9.17, 15) is 14.0 Å². The molecule has 28 heavy (non-hydrogen) atoms. The van der Waals surface area contributed by atoms with Crippen LogP contribution in [-0.4, -0.2) is 54.7 Å². The molecule has 0 radical (unpaired) electrons. The van der Waals surface area contributed by atoms with Gasteiger partial charge in [-0.1, -0.05) is 12.1 Å². The van der Waals surface area contributed by atoms with Gasteiger partial charge in [0.2, 0.25) is 5.91 Å². The zero-order chi connectivity index (χ0) is 19.9. The molecule has 3 rings (SSSR count). The maximum Gasteiger partial charge on any atom is 0.224 e. The molecule has 1 fully saturated rings. The number of rotatable bonds is 7. The molecule has 0 atom stereocenters. The molecule has 1 saturated heterocycles. The largest absolute Gasteiger partial charge is 0.326 e. The molecular weight excluding hydrogens is 357 g/mol. The van der Waals surface area contributed by atoms with E-state index in [0.717, 1.165) is 38.4 Å². The second kappa shape index (κ2) is 9.57. The Kier molecular flexibility index (Phi) is 6.90. The quantitative estimate of drug-likeness (QED) is 0.746. The maximum absolute atomic E-state index is 12.9. The molecule has 1 aliphatic rings. The summed E-state index contributed by atoms with van der Waals surface area (Å²) >= 11 is 0. The first-order chi connectivity index (χ1) is 13.5. The summed E-state index contributed by atoms with van der Waals surface area (Å²) in [4.78, 5) is 28.9. The predicted octanol–water partition coefficient (Wildman–Crippen LogP) is 3.17. The number of benzene rings is 2. The minimum Gasteiger partial charge on any atom is -0.326 e. The predicted molar refractivity (Wildman–Crippen MR) is 108 cm³/mol. The number of halogens is 1. The van der Waals surface area contributed by atoms with E-state index in [2.05, 4.69) is 22.2 Å². The summed E-state index contributed by atoms with van der Waals surface area (Å²) in [6.07, 6.45) is 0.193. The minimum atomic E-state index is -0.384. The Balaban J connectivity index is 1.43. The van der Waals surface area contributed by atoms with Gasteiger partial charge in [-0.05, 0) is 49.0 Å². The lowest BCUT2D eigenvalue weighted by molar-refractivity contribution is -0.116. The normalized spacial score (nSPS) is 15.4. The van der Waals surface area contributed by atoms with Crippen molar-refractivity contribution in [3.63, 3.8) is 0 Å². The SMILES string of the molecule is CN1CCN(Cc2ccc(NC(=O)CCC(=O)c3ccc(F)cc3)cc2)CC1.